The molecule has 1 unspecified atom stereocenters. The number of methoxy groups -OCH3 is 1. The van der Waals surface area contributed by atoms with Crippen LogP contribution in [-0.2, 0) is 23.9 Å². The van der Waals surface area contributed by atoms with Gasteiger partial charge >= 0.3 is 5.97 Å². The van der Waals surface area contributed by atoms with Crippen molar-refractivity contribution in [3.8, 4) is 5.75 Å². The number of cyclic esters (lactones) is 1. The zero-order chi connectivity index (χ0) is 24.7. The first-order valence-electron chi connectivity index (χ1n) is 12.0. The number of aliphatic hydroxyl groups is 1. The fraction of sp³-hybridized carbons (Fsp3) is 0.500. The standard InChI is InChI=1S/C26H30N2O7/c1-16(15-29)28-22-24(31)27(17-8-10-18(33-2)11-9-17)13-6-12-26(22)21(23(28)30)20-19(35-26)7-4-3-5-14-34-25(20)32/h4,6-12,16,19-22,29H,3,5,13-15H2,1-2H3/b7-4-/t16-,19+,20-,21+,22?,26+/m1/s1. The van der Waals surface area contributed by atoms with E-state index in [0.717, 1.165) is 6.42 Å². The molecule has 6 atom stereocenters. The number of ether oxygens (including phenoxy) is 3. The number of carbonyl (C=O) groups excluding carboxylic acids is 3. The van der Waals surface area contributed by atoms with Crippen LogP contribution in [0.3, 0.4) is 0 Å². The van der Waals surface area contributed by atoms with Crippen LogP contribution in [0.1, 0.15) is 19.8 Å². The molecule has 1 aromatic carbocycles. The molecular weight excluding hydrogens is 452 g/mol. The topological polar surface area (TPSA) is 106 Å². The van der Waals surface area contributed by atoms with E-state index in [4.69, 9.17) is 14.2 Å². The van der Waals surface area contributed by atoms with E-state index < -0.39 is 41.6 Å². The number of likely N-dealkylation sites (tertiary alicyclic amines) is 1. The first-order valence-corrected chi connectivity index (χ1v) is 12.0. The van der Waals surface area contributed by atoms with Crippen molar-refractivity contribution >= 4 is 23.5 Å². The highest BCUT2D eigenvalue weighted by Crippen LogP contribution is 2.53. The Balaban J connectivity index is 1.61. The van der Waals surface area contributed by atoms with Gasteiger partial charge < -0.3 is 29.1 Å². The second-order valence-electron chi connectivity index (χ2n) is 9.41. The Morgan fingerprint density at radius 3 is 2.66 bits per heavy atom. The Kier molecular flexibility index (Phi) is 6.14. The summed E-state index contributed by atoms with van der Waals surface area (Å²) >= 11 is 0. The van der Waals surface area contributed by atoms with Crippen LogP contribution in [0.25, 0.3) is 0 Å². The number of allylic oxidation sites excluding steroid dienone is 1. The van der Waals surface area contributed by atoms with E-state index in [9.17, 15) is 19.5 Å². The summed E-state index contributed by atoms with van der Waals surface area (Å²) in [5.74, 6) is -2.36. The van der Waals surface area contributed by atoms with Gasteiger partial charge in [0.05, 0.1) is 38.4 Å². The van der Waals surface area contributed by atoms with E-state index >= 15 is 0 Å². The molecule has 2 saturated heterocycles. The molecule has 0 radical (unpaired) electrons. The van der Waals surface area contributed by atoms with Crippen molar-refractivity contribution in [2.75, 3.05) is 31.8 Å². The number of rotatable bonds is 4. The molecule has 186 valence electrons. The average molecular weight is 483 g/mol. The number of anilines is 1. The van der Waals surface area contributed by atoms with Gasteiger partial charge in [-0.1, -0.05) is 24.3 Å². The highest BCUT2D eigenvalue weighted by molar-refractivity contribution is 6.05. The van der Waals surface area contributed by atoms with Gasteiger partial charge in [-0.05, 0) is 44.0 Å². The molecule has 1 aromatic rings. The maximum atomic E-state index is 14.1. The quantitative estimate of drug-likeness (QED) is 0.512. The predicted molar refractivity (Wildman–Crippen MR) is 126 cm³/mol. The van der Waals surface area contributed by atoms with Gasteiger partial charge in [0.15, 0.2) is 0 Å². The van der Waals surface area contributed by atoms with Crippen molar-refractivity contribution in [2.45, 2.75) is 43.6 Å². The van der Waals surface area contributed by atoms with Crippen LogP contribution in [0, 0.1) is 11.8 Å². The molecule has 4 heterocycles. The summed E-state index contributed by atoms with van der Waals surface area (Å²) in [6, 6.07) is 5.41. The molecule has 4 aliphatic heterocycles. The third-order valence-electron chi connectivity index (χ3n) is 7.41. The van der Waals surface area contributed by atoms with Crippen LogP contribution in [0.2, 0.25) is 0 Å². The monoisotopic (exact) mass is 482 g/mol. The van der Waals surface area contributed by atoms with E-state index in [-0.39, 0.29) is 31.6 Å². The first-order chi connectivity index (χ1) is 16.9. The molecule has 2 amide bonds. The summed E-state index contributed by atoms with van der Waals surface area (Å²) in [5, 5.41) is 9.97. The molecule has 1 spiro atoms. The summed E-state index contributed by atoms with van der Waals surface area (Å²) in [7, 11) is 1.57. The summed E-state index contributed by atoms with van der Waals surface area (Å²) in [5.41, 5.74) is -0.707. The minimum absolute atomic E-state index is 0.264. The Morgan fingerprint density at radius 1 is 1.17 bits per heavy atom. The number of hydrogen-bond donors (Lipinski definition) is 1. The lowest BCUT2D eigenvalue weighted by Crippen LogP contribution is -2.57. The second-order valence-corrected chi connectivity index (χ2v) is 9.41. The van der Waals surface area contributed by atoms with Crippen LogP contribution >= 0.6 is 0 Å². The number of fused-ring (bicyclic) bond motifs is 2. The first kappa shape index (κ1) is 23.6. The van der Waals surface area contributed by atoms with Crippen molar-refractivity contribution in [1.82, 2.24) is 4.90 Å². The van der Waals surface area contributed by atoms with E-state index in [0.29, 0.717) is 17.9 Å². The van der Waals surface area contributed by atoms with Crippen molar-refractivity contribution in [3.05, 3.63) is 48.6 Å². The number of benzene rings is 1. The summed E-state index contributed by atoms with van der Waals surface area (Å²) < 4.78 is 17.3. The van der Waals surface area contributed by atoms with Gasteiger partial charge in [0.2, 0.25) is 5.91 Å². The maximum absolute atomic E-state index is 14.1. The lowest BCUT2D eigenvalue weighted by Gasteiger charge is -2.37. The SMILES string of the molecule is COc1ccc(N2CC=C[C@]34O[C@H]5/C=C\CCCOC(=O)[C@H]5[C@H]3C(=O)N([C@H](C)CO)C4C2=O)cc1. The van der Waals surface area contributed by atoms with Crippen LogP contribution < -0.4 is 9.64 Å². The van der Waals surface area contributed by atoms with Crippen molar-refractivity contribution in [2.24, 2.45) is 11.8 Å². The van der Waals surface area contributed by atoms with Gasteiger partial charge in [0.25, 0.3) is 5.91 Å². The van der Waals surface area contributed by atoms with Crippen LogP contribution in [0.4, 0.5) is 5.69 Å². The number of amides is 2. The van der Waals surface area contributed by atoms with E-state index in [1.165, 1.54) is 4.90 Å². The Morgan fingerprint density at radius 2 is 1.94 bits per heavy atom. The molecule has 0 aromatic heterocycles. The van der Waals surface area contributed by atoms with Gasteiger partial charge in [-0.25, -0.2) is 0 Å². The fourth-order valence-corrected chi connectivity index (χ4v) is 5.75. The van der Waals surface area contributed by atoms with Gasteiger partial charge in [-0.15, -0.1) is 0 Å². The fourth-order valence-electron chi connectivity index (χ4n) is 5.75. The van der Waals surface area contributed by atoms with E-state index in [1.807, 2.05) is 18.2 Å². The largest absolute Gasteiger partial charge is 0.497 e. The predicted octanol–water partition coefficient (Wildman–Crippen LogP) is 1.45. The maximum Gasteiger partial charge on any atom is 0.312 e. The highest BCUT2D eigenvalue weighted by atomic mass is 16.6. The van der Waals surface area contributed by atoms with Gasteiger partial charge in [0.1, 0.15) is 23.3 Å². The lowest BCUT2D eigenvalue weighted by molar-refractivity contribution is -0.155. The highest BCUT2D eigenvalue weighted by Gasteiger charge is 2.72. The molecule has 4 aliphatic rings. The van der Waals surface area contributed by atoms with Gasteiger partial charge in [0, 0.05) is 12.2 Å². The lowest BCUT2D eigenvalue weighted by atomic mass is 9.78. The molecule has 5 rings (SSSR count). The Hall–Kier alpha value is -3.17. The van der Waals surface area contributed by atoms with Crippen molar-refractivity contribution in [3.63, 3.8) is 0 Å². The minimum atomic E-state index is -1.35. The summed E-state index contributed by atoms with van der Waals surface area (Å²) in [6.45, 7) is 1.89. The molecule has 35 heavy (non-hydrogen) atoms. The normalized spacial score (nSPS) is 34.1. The van der Waals surface area contributed by atoms with Crippen molar-refractivity contribution < 1.29 is 33.7 Å². The van der Waals surface area contributed by atoms with Crippen LogP contribution in [0.15, 0.2) is 48.6 Å². The average Bonchev–Trinajstić information content (AvgIpc) is 3.28. The number of nitrogens with zero attached hydrogens (tertiary/aromatic N) is 2. The van der Waals surface area contributed by atoms with Gasteiger partial charge in [-0.3, -0.25) is 14.4 Å². The number of carbonyl (C=O) groups is 3. The molecule has 0 aliphatic carbocycles. The number of esters is 1. The molecule has 9 heteroatoms. The van der Waals surface area contributed by atoms with Gasteiger partial charge in [-0.2, -0.15) is 0 Å². The molecule has 1 N–H and O–H groups in total. The Bertz CT molecular complexity index is 1070. The zero-order valence-corrected chi connectivity index (χ0v) is 19.8. The van der Waals surface area contributed by atoms with Crippen LogP contribution in [0.5, 0.6) is 5.75 Å². The van der Waals surface area contributed by atoms with Crippen LogP contribution in [-0.4, -0.2) is 78.4 Å². The molecule has 0 saturated carbocycles. The van der Waals surface area contributed by atoms with E-state index in [1.54, 1.807) is 49.3 Å². The Labute approximate surface area is 203 Å². The molecular formula is C26H30N2O7. The molecule has 9 nitrogen and oxygen atoms in total. The van der Waals surface area contributed by atoms with E-state index in [2.05, 4.69) is 0 Å². The smallest absolute Gasteiger partial charge is 0.312 e. The number of hydrogen-bond acceptors (Lipinski definition) is 7. The minimum Gasteiger partial charge on any atom is -0.497 e. The summed E-state index contributed by atoms with van der Waals surface area (Å²) in [4.78, 5) is 44.2. The second kappa shape index (κ2) is 9.13. The summed E-state index contributed by atoms with van der Waals surface area (Å²) in [6.07, 6.45) is 8.07. The zero-order valence-electron chi connectivity index (χ0n) is 19.8. The molecule has 0 bridgehead atoms. The third kappa shape index (κ3) is 3.65. The number of aliphatic hydroxyl groups excluding tert-OH is 1. The van der Waals surface area contributed by atoms with Crippen molar-refractivity contribution in [1.29, 1.82) is 0 Å². The molecule has 2 fully saturated rings. The third-order valence-corrected chi connectivity index (χ3v) is 7.41.